The van der Waals surface area contributed by atoms with Crippen molar-refractivity contribution in [2.45, 2.75) is 6.61 Å². The first kappa shape index (κ1) is 16.2. The molecule has 0 aliphatic rings. The summed E-state index contributed by atoms with van der Waals surface area (Å²) in [5, 5.41) is 10.5. The van der Waals surface area contributed by atoms with E-state index >= 15 is 0 Å². The van der Waals surface area contributed by atoms with E-state index in [-0.39, 0.29) is 11.4 Å². The smallest absolute Gasteiger partial charge is 0.287 e. The van der Waals surface area contributed by atoms with Crippen LogP contribution in [0.15, 0.2) is 36.5 Å². The molecule has 1 aromatic carbocycles. The molecule has 1 aromatic heterocycles. The number of aromatic nitrogens is 1. The quantitative estimate of drug-likeness (QED) is 0.563. The Balaban J connectivity index is 1.96. The van der Waals surface area contributed by atoms with Crippen LogP contribution < -0.4 is 10.9 Å². The molecule has 0 atom stereocenters. The van der Waals surface area contributed by atoms with E-state index in [1.54, 1.807) is 31.4 Å². The first-order chi connectivity index (χ1) is 11.0. The molecule has 0 bridgehead atoms. The highest BCUT2D eigenvalue weighted by atomic mass is 16.6. The zero-order chi connectivity index (χ0) is 16.8. The lowest BCUT2D eigenvalue weighted by Gasteiger charge is -2.07. The molecule has 1 heterocycles. The molecule has 0 spiro atoms. The molecule has 3 N–H and O–H groups in total. The number of carbonyl (C=O) groups is 2. The van der Waals surface area contributed by atoms with Crippen LogP contribution in [-0.2, 0) is 11.3 Å². The molecule has 2 amide bonds. The average Bonchev–Trinajstić information content (AvgIpc) is 3.03. The molecule has 0 aliphatic heterocycles. The minimum absolute atomic E-state index is 0.0369. The summed E-state index contributed by atoms with van der Waals surface area (Å²) in [6.45, 7) is 0.361. The van der Waals surface area contributed by atoms with Crippen LogP contribution in [0.25, 0.3) is 0 Å². The van der Waals surface area contributed by atoms with Gasteiger partial charge in [0.2, 0.25) is 0 Å². The van der Waals surface area contributed by atoms with Crippen LogP contribution in [0, 0.1) is 10.1 Å². The highest BCUT2D eigenvalue weighted by Gasteiger charge is 2.15. The molecule has 0 aliphatic carbocycles. The second kappa shape index (κ2) is 7.18. The number of ether oxygens (including phenoxy) is 1. The fourth-order valence-electron chi connectivity index (χ4n) is 1.84. The highest BCUT2D eigenvalue weighted by Crippen LogP contribution is 2.11. The van der Waals surface area contributed by atoms with Crippen molar-refractivity contribution >= 4 is 17.5 Å². The van der Waals surface area contributed by atoms with Crippen LogP contribution >= 0.6 is 0 Å². The van der Waals surface area contributed by atoms with Crippen LogP contribution in [0.1, 0.15) is 26.4 Å². The van der Waals surface area contributed by atoms with Crippen LogP contribution in [0.3, 0.4) is 0 Å². The number of methoxy groups -OCH3 is 1. The molecule has 0 saturated carbocycles. The number of amides is 2. The number of nitro groups is 1. The first-order valence-electron chi connectivity index (χ1n) is 6.52. The van der Waals surface area contributed by atoms with Gasteiger partial charge in [-0.3, -0.25) is 30.6 Å². The normalized spacial score (nSPS) is 10.1. The van der Waals surface area contributed by atoms with Crippen molar-refractivity contribution in [3.63, 3.8) is 0 Å². The van der Waals surface area contributed by atoms with Gasteiger partial charge in [-0.05, 0) is 17.7 Å². The lowest BCUT2D eigenvalue weighted by atomic mass is 10.1. The number of benzene rings is 1. The number of hydrogen-bond donors (Lipinski definition) is 3. The monoisotopic (exact) mass is 318 g/mol. The second-order valence-electron chi connectivity index (χ2n) is 4.57. The number of hydrogen-bond acceptors (Lipinski definition) is 5. The SMILES string of the molecule is COCc1cccc(C(=O)NNC(=O)c2cc([N+](=O)[O-])c[nH]2)c1. The van der Waals surface area contributed by atoms with Crippen LogP contribution in [-0.4, -0.2) is 28.8 Å². The third-order valence-electron chi connectivity index (χ3n) is 2.91. The van der Waals surface area contributed by atoms with Gasteiger partial charge in [-0.15, -0.1) is 0 Å². The van der Waals surface area contributed by atoms with E-state index in [0.29, 0.717) is 12.2 Å². The van der Waals surface area contributed by atoms with E-state index in [4.69, 9.17) is 4.74 Å². The molecule has 0 radical (unpaired) electrons. The van der Waals surface area contributed by atoms with Crippen LogP contribution in [0.5, 0.6) is 0 Å². The largest absolute Gasteiger partial charge is 0.380 e. The molecule has 9 heteroatoms. The summed E-state index contributed by atoms with van der Waals surface area (Å²) in [7, 11) is 1.54. The molecule has 120 valence electrons. The van der Waals surface area contributed by atoms with E-state index in [1.807, 2.05) is 0 Å². The number of aromatic amines is 1. The van der Waals surface area contributed by atoms with E-state index in [9.17, 15) is 19.7 Å². The Labute approximate surface area is 130 Å². The van der Waals surface area contributed by atoms with Crippen LogP contribution in [0.2, 0.25) is 0 Å². The Hall–Kier alpha value is -3.20. The minimum Gasteiger partial charge on any atom is -0.380 e. The number of rotatable bonds is 5. The zero-order valence-electron chi connectivity index (χ0n) is 12.2. The molecule has 0 unspecified atom stereocenters. The number of hydrazine groups is 1. The molecule has 23 heavy (non-hydrogen) atoms. The summed E-state index contributed by atoms with van der Waals surface area (Å²) in [6, 6.07) is 7.78. The van der Waals surface area contributed by atoms with E-state index in [0.717, 1.165) is 17.8 Å². The molecule has 0 saturated heterocycles. The maximum Gasteiger partial charge on any atom is 0.287 e. The van der Waals surface area contributed by atoms with Gasteiger partial charge in [0.25, 0.3) is 17.5 Å². The van der Waals surface area contributed by atoms with Crippen molar-refractivity contribution in [3.05, 3.63) is 63.5 Å². The maximum atomic E-state index is 12.0. The minimum atomic E-state index is -0.695. The summed E-state index contributed by atoms with van der Waals surface area (Å²) >= 11 is 0. The highest BCUT2D eigenvalue weighted by molar-refractivity contribution is 5.98. The summed E-state index contributed by atoms with van der Waals surface area (Å²) in [5.41, 5.74) is 5.29. The third kappa shape index (κ3) is 4.14. The van der Waals surface area contributed by atoms with Gasteiger partial charge in [0, 0.05) is 18.7 Å². The van der Waals surface area contributed by atoms with Crippen molar-refractivity contribution in [2.24, 2.45) is 0 Å². The average molecular weight is 318 g/mol. The Kier molecular flexibility index (Phi) is 5.05. The van der Waals surface area contributed by atoms with Crippen molar-refractivity contribution in [2.75, 3.05) is 7.11 Å². The van der Waals surface area contributed by atoms with Crippen molar-refractivity contribution < 1.29 is 19.2 Å². The predicted molar refractivity (Wildman–Crippen MR) is 79.5 cm³/mol. The Morgan fingerprint density at radius 2 is 2.00 bits per heavy atom. The second-order valence-corrected chi connectivity index (χ2v) is 4.57. The maximum absolute atomic E-state index is 12.0. The van der Waals surface area contributed by atoms with Crippen LogP contribution in [0.4, 0.5) is 5.69 Å². The fourth-order valence-corrected chi connectivity index (χ4v) is 1.84. The predicted octanol–water partition coefficient (Wildman–Crippen LogP) is 1.14. The molecule has 9 nitrogen and oxygen atoms in total. The summed E-state index contributed by atoms with van der Waals surface area (Å²) in [4.78, 5) is 36.1. The molecule has 2 aromatic rings. The summed E-state index contributed by atoms with van der Waals surface area (Å²) in [6.07, 6.45) is 1.09. The Morgan fingerprint density at radius 3 is 2.65 bits per heavy atom. The van der Waals surface area contributed by atoms with Gasteiger partial charge in [-0.2, -0.15) is 0 Å². The number of nitrogens with zero attached hydrogens (tertiary/aromatic N) is 1. The number of nitrogens with one attached hydrogen (secondary N) is 3. The van der Waals surface area contributed by atoms with E-state index in [1.165, 1.54) is 0 Å². The topological polar surface area (TPSA) is 126 Å². The van der Waals surface area contributed by atoms with E-state index in [2.05, 4.69) is 15.8 Å². The lowest BCUT2D eigenvalue weighted by molar-refractivity contribution is -0.384. The van der Waals surface area contributed by atoms with Gasteiger partial charge < -0.3 is 9.72 Å². The molecule has 2 rings (SSSR count). The summed E-state index contributed by atoms with van der Waals surface area (Å²) < 4.78 is 4.98. The van der Waals surface area contributed by atoms with Crippen molar-refractivity contribution in [1.82, 2.24) is 15.8 Å². The third-order valence-corrected chi connectivity index (χ3v) is 2.91. The van der Waals surface area contributed by atoms with Gasteiger partial charge in [0.1, 0.15) is 5.69 Å². The van der Waals surface area contributed by atoms with Gasteiger partial charge in [0.15, 0.2) is 0 Å². The number of H-pyrrole nitrogens is 1. The molecule has 0 fully saturated rings. The Morgan fingerprint density at radius 1 is 1.26 bits per heavy atom. The number of carbonyl (C=O) groups excluding carboxylic acids is 2. The van der Waals surface area contributed by atoms with Crippen molar-refractivity contribution in [1.29, 1.82) is 0 Å². The van der Waals surface area contributed by atoms with Gasteiger partial charge in [-0.25, -0.2) is 0 Å². The zero-order valence-corrected chi connectivity index (χ0v) is 12.2. The fraction of sp³-hybridized carbons (Fsp3) is 0.143. The molecular weight excluding hydrogens is 304 g/mol. The standard InChI is InChI=1S/C14H14N4O5/c1-23-8-9-3-2-4-10(5-9)13(19)16-17-14(20)12-6-11(7-15-12)18(21)22/h2-7,15H,8H2,1H3,(H,16,19)(H,17,20). The molecular formula is C14H14N4O5. The Bertz CT molecular complexity index is 740. The van der Waals surface area contributed by atoms with Gasteiger partial charge >= 0.3 is 0 Å². The van der Waals surface area contributed by atoms with Gasteiger partial charge in [0.05, 0.1) is 17.7 Å². The lowest BCUT2D eigenvalue weighted by Crippen LogP contribution is -2.41. The summed E-state index contributed by atoms with van der Waals surface area (Å²) in [5.74, 6) is -1.21. The van der Waals surface area contributed by atoms with E-state index < -0.39 is 16.7 Å². The van der Waals surface area contributed by atoms with Gasteiger partial charge in [-0.1, -0.05) is 12.1 Å². The van der Waals surface area contributed by atoms with Crippen molar-refractivity contribution in [3.8, 4) is 0 Å². The first-order valence-corrected chi connectivity index (χ1v) is 6.52.